The first-order valence-corrected chi connectivity index (χ1v) is 9.14. The highest BCUT2D eigenvalue weighted by Crippen LogP contribution is 2.24. The van der Waals surface area contributed by atoms with E-state index in [1.807, 2.05) is 44.8 Å². The number of rotatable bonds is 2. The Labute approximate surface area is 157 Å². The van der Waals surface area contributed by atoms with Gasteiger partial charge >= 0.3 is 0 Å². The number of amides is 2. The van der Waals surface area contributed by atoms with E-state index in [9.17, 15) is 9.59 Å². The van der Waals surface area contributed by atoms with E-state index in [1.54, 1.807) is 0 Å². The van der Waals surface area contributed by atoms with E-state index in [1.165, 1.54) is 16.9 Å². The van der Waals surface area contributed by atoms with Gasteiger partial charge in [-0.15, -0.1) is 12.4 Å². The van der Waals surface area contributed by atoms with Gasteiger partial charge in [-0.05, 0) is 41.6 Å². The van der Waals surface area contributed by atoms with Crippen LogP contribution in [0.15, 0.2) is 35.0 Å². The number of nitrogens with one attached hydrogen (secondary N) is 1. The zero-order valence-corrected chi connectivity index (χ0v) is 15.4. The summed E-state index contributed by atoms with van der Waals surface area (Å²) in [5.41, 5.74) is 3.84. The minimum atomic E-state index is 0. The minimum Gasteiger partial charge on any atom is -0.384 e. The highest BCUT2D eigenvalue weighted by molar-refractivity contribution is 7.08. The lowest BCUT2D eigenvalue weighted by Crippen LogP contribution is -2.50. The van der Waals surface area contributed by atoms with Crippen molar-refractivity contribution in [3.05, 3.63) is 51.7 Å². The summed E-state index contributed by atoms with van der Waals surface area (Å²) in [5.74, 6) is 0.124. The number of carbonyl (C=O) groups excluding carboxylic acids is 2. The maximum absolute atomic E-state index is 12.7. The molecule has 1 fully saturated rings. The van der Waals surface area contributed by atoms with Gasteiger partial charge in [-0.1, -0.05) is 0 Å². The number of benzene rings is 1. The lowest BCUT2D eigenvalue weighted by Gasteiger charge is -2.34. The Morgan fingerprint density at radius 2 is 1.64 bits per heavy atom. The maximum Gasteiger partial charge on any atom is 0.254 e. The second kappa shape index (κ2) is 7.45. The van der Waals surface area contributed by atoms with Crippen molar-refractivity contribution in [2.24, 2.45) is 0 Å². The predicted octanol–water partition coefficient (Wildman–Crippen LogP) is 2.74. The van der Waals surface area contributed by atoms with Crippen LogP contribution in [0.2, 0.25) is 0 Å². The molecule has 132 valence electrons. The SMILES string of the molecule is Cl.O=C(c1ccsc1)N1CCN(C(=O)c2ccc3c(c2)CCN3)CC1. The van der Waals surface area contributed by atoms with E-state index in [4.69, 9.17) is 0 Å². The summed E-state index contributed by atoms with van der Waals surface area (Å²) in [4.78, 5) is 28.7. The van der Waals surface area contributed by atoms with Crippen molar-refractivity contribution >= 4 is 41.2 Å². The maximum atomic E-state index is 12.7. The number of thiophene rings is 1. The molecule has 0 spiro atoms. The standard InChI is InChI=1S/C18H19N3O2S.ClH/c22-17(14-1-2-16-13(11-14)3-5-19-16)20-6-8-21(9-7-20)18(23)15-4-10-24-12-15;/h1-2,4,10-12,19H,3,5-9H2;1H. The number of piperazine rings is 1. The van der Waals surface area contributed by atoms with Gasteiger partial charge in [0.2, 0.25) is 0 Å². The van der Waals surface area contributed by atoms with Gasteiger partial charge in [-0.25, -0.2) is 0 Å². The molecular formula is C18H20ClN3O2S. The molecule has 5 nitrogen and oxygen atoms in total. The molecule has 2 amide bonds. The van der Waals surface area contributed by atoms with E-state index in [0.29, 0.717) is 26.2 Å². The van der Waals surface area contributed by atoms with Gasteiger partial charge in [0.1, 0.15) is 0 Å². The zero-order chi connectivity index (χ0) is 16.5. The Hall–Kier alpha value is -2.05. The Morgan fingerprint density at radius 3 is 2.28 bits per heavy atom. The van der Waals surface area contributed by atoms with Gasteiger partial charge in [0.15, 0.2) is 0 Å². The third-order valence-corrected chi connectivity index (χ3v) is 5.37. The molecule has 0 saturated carbocycles. The quantitative estimate of drug-likeness (QED) is 0.875. The molecule has 2 aliphatic rings. The summed E-state index contributed by atoms with van der Waals surface area (Å²) in [6.07, 6.45) is 0.972. The fraction of sp³-hybridized carbons (Fsp3) is 0.333. The molecule has 4 rings (SSSR count). The Bertz CT molecular complexity index is 771. The summed E-state index contributed by atoms with van der Waals surface area (Å²) >= 11 is 1.53. The zero-order valence-electron chi connectivity index (χ0n) is 13.7. The number of hydrogen-bond donors (Lipinski definition) is 1. The van der Waals surface area contributed by atoms with Crippen LogP contribution in [0.4, 0.5) is 5.69 Å². The molecule has 3 heterocycles. The van der Waals surface area contributed by atoms with Crippen LogP contribution in [0, 0.1) is 0 Å². The molecule has 0 atom stereocenters. The van der Waals surface area contributed by atoms with Crippen LogP contribution in [0.5, 0.6) is 0 Å². The largest absolute Gasteiger partial charge is 0.384 e. The van der Waals surface area contributed by atoms with Crippen LogP contribution >= 0.6 is 23.7 Å². The molecule has 0 bridgehead atoms. The molecule has 1 aromatic heterocycles. The van der Waals surface area contributed by atoms with Crippen molar-refractivity contribution in [3.8, 4) is 0 Å². The van der Waals surface area contributed by atoms with E-state index < -0.39 is 0 Å². The van der Waals surface area contributed by atoms with Gasteiger partial charge < -0.3 is 15.1 Å². The van der Waals surface area contributed by atoms with Crippen molar-refractivity contribution < 1.29 is 9.59 Å². The number of halogens is 1. The van der Waals surface area contributed by atoms with Crippen molar-refractivity contribution in [1.82, 2.24) is 9.80 Å². The smallest absolute Gasteiger partial charge is 0.254 e. The van der Waals surface area contributed by atoms with Crippen molar-refractivity contribution in [1.29, 1.82) is 0 Å². The van der Waals surface area contributed by atoms with Crippen LogP contribution < -0.4 is 5.32 Å². The number of nitrogens with zero attached hydrogens (tertiary/aromatic N) is 2. The molecule has 2 aromatic rings. The average Bonchev–Trinajstić information content (AvgIpc) is 3.31. The highest BCUT2D eigenvalue weighted by atomic mass is 35.5. The molecule has 0 aliphatic carbocycles. The lowest BCUT2D eigenvalue weighted by atomic mass is 10.1. The first-order chi connectivity index (χ1) is 11.7. The van der Waals surface area contributed by atoms with E-state index in [0.717, 1.165) is 29.8 Å². The van der Waals surface area contributed by atoms with Crippen LogP contribution in [-0.2, 0) is 6.42 Å². The molecule has 1 N–H and O–H groups in total. The number of anilines is 1. The average molecular weight is 378 g/mol. The van der Waals surface area contributed by atoms with E-state index in [2.05, 4.69) is 5.32 Å². The summed E-state index contributed by atoms with van der Waals surface area (Å²) in [5, 5.41) is 7.10. The number of hydrogen-bond acceptors (Lipinski definition) is 4. The Morgan fingerprint density at radius 1 is 0.960 bits per heavy atom. The second-order valence-corrected chi connectivity index (χ2v) is 6.93. The van der Waals surface area contributed by atoms with E-state index >= 15 is 0 Å². The van der Waals surface area contributed by atoms with Crippen molar-refractivity contribution in [2.45, 2.75) is 6.42 Å². The monoisotopic (exact) mass is 377 g/mol. The highest BCUT2D eigenvalue weighted by Gasteiger charge is 2.26. The molecule has 0 radical (unpaired) electrons. The molecular weight excluding hydrogens is 358 g/mol. The van der Waals surface area contributed by atoms with Crippen LogP contribution in [-0.4, -0.2) is 54.3 Å². The van der Waals surface area contributed by atoms with Crippen LogP contribution in [0.25, 0.3) is 0 Å². The van der Waals surface area contributed by atoms with Crippen LogP contribution in [0.3, 0.4) is 0 Å². The first kappa shape index (κ1) is 17.8. The van der Waals surface area contributed by atoms with Gasteiger partial charge in [0.25, 0.3) is 11.8 Å². The third-order valence-electron chi connectivity index (χ3n) is 4.68. The summed E-state index contributed by atoms with van der Waals surface area (Å²) in [6.45, 7) is 3.30. The van der Waals surface area contributed by atoms with Gasteiger partial charge in [-0.3, -0.25) is 9.59 Å². The molecule has 1 aromatic carbocycles. The topological polar surface area (TPSA) is 52.7 Å². The molecule has 0 unspecified atom stereocenters. The third kappa shape index (κ3) is 3.50. The van der Waals surface area contributed by atoms with Gasteiger partial charge in [-0.2, -0.15) is 11.3 Å². The van der Waals surface area contributed by atoms with Crippen molar-refractivity contribution in [2.75, 3.05) is 38.0 Å². The molecule has 7 heteroatoms. The summed E-state index contributed by atoms with van der Waals surface area (Å²) < 4.78 is 0. The summed E-state index contributed by atoms with van der Waals surface area (Å²) in [7, 11) is 0. The summed E-state index contributed by atoms with van der Waals surface area (Å²) in [6, 6.07) is 7.73. The van der Waals surface area contributed by atoms with Gasteiger partial charge in [0.05, 0.1) is 5.56 Å². The first-order valence-electron chi connectivity index (χ1n) is 8.20. The fourth-order valence-electron chi connectivity index (χ4n) is 3.30. The normalized spacial score (nSPS) is 16.0. The number of carbonyl (C=O) groups is 2. The minimum absolute atomic E-state index is 0. The Kier molecular flexibility index (Phi) is 5.30. The van der Waals surface area contributed by atoms with Crippen LogP contribution in [0.1, 0.15) is 26.3 Å². The Balaban J connectivity index is 0.00000182. The fourth-order valence-corrected chi connectivity index (χ4v) is 3.93. The van der Waals surface area contributed by atoms with Crippen molar-refractivity contribution in [3.63, 3.8) is 0 Å². The number of fused-ring (bicyclic) bond motifs is 1. The van der Waals surface area contributed by atoms with E-state index in [-0.39, 0.29) is 24.2 Å². The lowest BCUT2D eigenvalue weighted by molar-refractivity contribution is 0.0536. The second-order valence-electron chi connectivity index (χ2n) is 6.15. The van der Waals surface area contributed by atoms with Gasteiger partial charge in [0, 0.05) is 49.4 Å². The predicted molar refractivity (Wildman–Crippen MR) is 102 cm³/mol. The molecule has 1 saturated heterocycles. The molecule has 2 aliphatic heterocycles. The molecule has 25 heavy (non-hydrogen) atoms.